The van der Waals surface area contributed by atoms with Gasteiger partial charge < -0.3 is 10.2 Å². The highest BCUT2D eigenvalue weighted by Crippen LogP contribution is 2.16. The summed E-state index contributed by atoms with van der Waals surface area (Å²) in [5, 5.41) is 2.58. The highest BCUT2D eigenvalue weighted by molar-refractivity contribution is 5.94. The zero-order valence-corrected chi connectivity index (χ0v) is 9.66. The highest BCUT2D eigenvalue weighted by Gasteiger charge is 2.17. The Morgan fingerprint density at radius 2 is 2.12 bits per heavy atom. The van der Waals surface area contributed by atoms with Crippen molar-refractivity contribution in [2.45, 2.75) is 19.8 Å². The average molecular weight is 220 g/mol. The van der Waals surface area contributed by atoms with Crippen LogP contribution in [0.25, 0.3) is 0 Å². The fourth-order valence-corrected chi connectivity index (χ4v) is 1.88. The van der Waals surface area contributed by atoms with E-state index in [9.17, 15) is 4.79 Å². The minimum Gasteiger partial charge on any atom is -0.355 e. The molecule has 0 radical (unpaired) electrons. The van der Waals surface area contributed by atoms with E-state index >= 15 is 0 Å². The van der Waals surface area contributed by atoms with Crippen molar-refractivity contribution in [2.24, 2.45) is 0 Å². The zero-order chi connectivity index (χ0) is 11.5. The van der Waals surface area contributed by atoms with Gasteiger partial charge in [0.05, 0.1) is 11.3 Å². The lowest BCUT2D eigenvalue weighted by Gasteiger charge is -2.15. The van der Waals surface area contributed by atoms with Crippen molar-refractivity contribution in [2.75, 3.05) is 25.0 Å². The van der Waals surface area contributed by atoms with E-state index in [1.165, 1.54) is 12.8 Å². The summed E-state index contributed by atoms with van der Waals surface area (Å²) in [4.78, 5) is 22.2. The summed E-state index contributed by atoms with van der Waals surface area (Å²) in [5.41, 5.74) is 1.28. The predicted octanol–water partition coefficient (Wildman–Crippen LogP) is 0.745. The smallest absolute Gasteiger partial charge is 0.254 e. The number of aromatic nitrogens is 2. The first-order valence-corrected chi connectivity index (χ1v) is 5.53. The quantitative estimate of drug-likeness (QED) is 0.799. The first kappa shape index (κ1) is 10.9. The molecule has 1 aliphatic rings. The second-order valence-electron chi connectivity index (χ2n) is 3.94. The molecule has 5 heteroatoms. The third-order valence-corrected chi connectivity index (χ3v) is 2.83. The van der Waals surface area contributed by atoms with Crippen LogP contribution in [0.1, 0.15) is 28.9 Å². The van der Waals surface area contributed by atoms with E-state index in [2.05, 4.69) is 20.2 Å². The molecule has 0 unspecified atom stereocenters. The maximum Gasteiger partial charge on any atom is 0.254 e. The van der Waals surface area contributed by atoms with Gasteiger partial charge >= 0.3 is 0 Å². The van der Waals surface area contributed by atoms with E-state index in [1.54, 1.807) is 13.2 Å². The third kappa shape index (κ3) is 1.98. The molecule has 1 aliphatic heterocycles. The molecule has 2 rings (SSSR count). The number of hydrogen-bond donors (Lipinski definition) is 1. The predicted molar refractivity (Wildman–Crippen MR) is 61.6 cm³/mol. The van der Waals surface area contributed by atoms with E-state index in [4.69, 9.17) is 0 Å². The molecule has 0 saturated carbocycles. The van der Waals surface area contributed by atoms with Crippen molar-refractivity contribution in [3.05, 3.63) is 17.5 Å². The van der Waals surface area contributed by atoms with Crippen LogP contribution in [0.2, 0.25) is 0 Å². The maximum atomic E-state index is 11.5. The fourth-order valence-electron chi connectivity index (χ4n) is 1.88. The van der Waals surface area contributed by atoms with Gasteiger partial charge in [-0.25, -0.2) is 9.97 Å². The molecule has 1 aromatic heterocycles. The van der Waals surface area contributed by atoms with Crippen molar-refractivity contribution in [1.82, 2.24) is 15.3 Å². The van der Waals surface area contributed by atoms with Crippen LogP contribution in [0.4, 0.5) is 5.95 Å². The molecule has 0 aliphatic carbocycles. The molecule has 2 heterocycles. The fraction of sp³-hybridized carbons (Fsp3) is 0.545. The SMILES string of the molecule is CNC(=O)c1cnc(N2CCCC2)nc1C. The van der Waals surface area contributed by atoms with Gasteiger partial charge in [0.1, 0.15) is 0 Å². The number of nitrogens with one attached hydrogen (secondary N) is 1. The molecule has 1 amide bonds. The van der Waals surface area contributed by atoms with Gasteiger partial charge in [-0.3, -0.25) is 4.79 Å². The Hall–Kier alpha value is -1.65. The average Bonchev–Trinajstić information content (AvgIpc) is 2.81. The minimum atomic E-state index is -0.134. The Morgan fingerprint density at radius 3 is 2.69 bits per heavy atom. The Kier molecular flexibility index (Phi) is 3.03. The lowest BCUT2D eigenvalue weighted by molar-refractivity contribution is 0.0961. The van der Waals surface area contributed by atoms with E-state index in [0.29, 0.717) is 5.56 Å². The number of carbonyl (C=O) groups excluding carboxylic acids is 1. The van der Waals surface area contributed by atoms with Crippen molar-refractivity contribution in [3.63, 3.8) is 0 Å². The molecule has 0 aromatic carbocycles. The standard InChI is InChI=1S/C11H16N4O/c1-8-9(10(16)12-2)7-13-11(14-8)15-5-3-4-6-15/h7H,3-6H2,1-2H3,(H,12,16). The summed E-state index contributed by atoms with van der Waals surface area (Å²) in [5.74, 6) is 0.605. The number of anilines is 1. The molecule has 1 N–H and O–H groups in total. The van der Waals surface area contributed by atoms with Crippen LogP contribution in [0.5, 0.6) is 0 Å². The second kappa shape index (κ2) is 4.47. The van der Waals surface area contributed by atoms with Crippen LogP contribution >= 0.6 is 0 Å². The molecule has 1 saturated heterocycles. The lowest BCUT2D eigenvalue weighted by Crippen LogP contribution is -2.23. The van der Waals surface area contributed by atoms with E-state index in [-0.39, 0.29) is 5.91 Å². The van der Waals surface area contributed by atoms with Gasteiger partial charge in [-0.1, -0.05) is 0 Å². The topological polar surface area (TPSA) is 58.1 Å². The first-order valence-electron chi connectivity index (χ1n) is 5.53. The number of nitrogens with zero attached hydrogens (tertiary/aromatic N) is 3. The molecule has 5 nitrogen and oxygen atoms in total. The largest absolute Gasteiger partial charge is 0.355 e. The van der Waals surface area contributed by atoms with Crippen LogP contribution in [0.15, 0.2) is 6.20 Å². The van der Waals surface area contributed by atoms with Crippen molar-refractivity contribution >= 4 is 11.9 Å². The Balaban J connectivity index is 2.25. The van der Waals surface area contributed by atoms with Crippen molar-refractivity contribution < 1.29 is 4.79 Å². The molecule has 1 fully saturated rings. The number of rotatable bonds is 2. The van der Waals surface area contributed by atoms with Gasteiger partial charge in [0.25, 0.3) is 5.91 Å². The monoisotopic (exact) mass is 220 g/mol. The van der Waals surface area contributed by atoms with E-state index in [0.717, 1.165) is 24.7 Å². The summed E-state index contributed by atoms with van der Waals surface area (Å²) in [7, 11) is 1.61. The Labute approximate surface area is 94.9 Å². The normalized spacial score (nSPS) is 15.2. The summed E-state index contributed by atoms with van der Waals surface area (Å²) >= 11 is 0. The van der Waals surface area contributed by atoms with Crippen LogP contribution in [0, 0.1) is 6.92 Å². The first-order chi connectivity index (χ1) is 7.72. The van der Waals surface area contributed by atoms with Crippen LogP contribution in [-0.4, -0.2) is 36.0 Å². The zero-order valence-electron chi connectivity index (χ0n) is 9.66. The molecule has 0 bridgehead atoms. The molecule has 1 aromatic rings. The van der Waals surface area contributed by atoms with Gasteiger partial charge in [0, 0.05) is 26.3 Å². The van der Waals surface area contributed by atoms with Crippen molar-refractivity contribution in [3.8, 4) is 0 Å². The molecular weight excluding hydrogens is 204 g/mol. The van der Waals surface area contributed by atoms with Crippen molar-refractivity contribution in [1.29, 1.82) is 0 Å². The molecule has 0 atom stereocenters. The summed E-state index contributed by atoms with van der Waals surface area (Å²) in [6.45, 7) is 3.86. The summed E-state index contributed by atoms with van der Waals surface area (Å²) < 4.78 is 0. The van der Waals surface area contributed by atoms with Crippen LogP contribution in [0.3, 0.4) is 0 Å². The minimum absolute atomic E-state index is 0.134. The van der Waals surface area contributed by atoms with Gasteiger partial charge in [-0.05, 0) is 19.8 Å². The molecular formula is C11H16N4O. The van der Waals surface area contributed by atoms with E-state index < -0.39 is 0 Å². The van der Waals surface area contributed by atoms with Crippen LogP contribution < -0.4 is 10.2 Å². The summed E-state index contributed by atoms with van der Waals surface area (Å²) in [6.07, 6.45) is 3.99. The van der Waals surface area contributed by atoms with Gasteiger partial charge in [0.15, 0.2) is 0 Å². The number of hydrogen-bond acceptors (Lipinski definition) is 4. The second-order valence-corrected chi connectivity index (χ2v) is 3.94. The third-order valence-electron chi connectivity index (χ3n) is 2.83. The maximum absolute atomic E-state index is 11.5. The lowest BCUT2D eigenvalue weighted by atomic mass is 10.2. The number of aryl methyl sites for hydroxylation is 1. The van der Waals surface area contributed by atoms with Crippen LogP contribution in [-0.2, 0) is 0 Å². The van der Waals surface area contributed by atoms with Gasteiger partial charge in [-0.15, -0.1) is 0 Å². The van der Waals surface area contributed by atoms with E-state index in [1.807, 2.05) is 6.92 Å². The number of carbonyl (C=O) groups is 1. The molecule has 86 valence electrons. The number of amides is 1. The molecule has 16 heavy (non-hydrogen) atoms. The van der Waals surface area contributed by atoms with Gasteiger partial charge in [-0.2, -0.15) is 0 Å². The summed E-state index contributed by atoms with van der Waals surface area (Å²) in [6, 6.07) is 0. The Bertz CT molecular complexity index is 399. The molecule has 0 spiro atoms. The van der Waals surface area contributed by atoms with Gasteiger partial charge in [0.2, 0.25) is 5.95 Å². The highest BCUT2D eigenvalue weighted by atomic mass is 16.1. The Morgan fingerprint density at radius 1 is 1.44 bits per heavy atom.